The third kappa shape index (κ3) is 5.31. The molecule has 1 fully saturated rings. The normalized spacial score (nSPS) is 15.0. The van der Waals surface area contributed by atoms with E-state index in [0.29, 0.717) is 32.1 Å². The molecule has 0 aliphatic carbocycles. The Morgan fingerprint density at radius 2 is 2.00 bits per heavy atom. The molecule has 4 rings (SSSR count). The van der Waals surface area contributed by atoms with Crippen molar-refractivity contribution in [2.24, 2.45) is 0 Å². The Labute approximate surface area is 193 Å². The average molecular weight is 471 g/mol. The van der Waals surface area contributed by atoms with Crippen molar-refractivity contribution in [3.05, 3.63) is 99.4 Å². The molecule has 0 spiro atoms. The molecular formula is C23H16ClFN2O2S2. The molecule has 156 valence electrons. The maximum atomic E-state index is 13.3. The van der Waals surface area contributed by atoms with Crippen molar-refractivity contribution in [3.8, 4) is 5.75 Å². The molecule has 0 saturated carbocycles. The molecular weight excluding hydrogens is 455 g/mol. The van der Waals surface area contributed by atoms with Crippen LogP contribution in [0.2, 0.25) is 5.02 Å². The van der Waals surface area contributed by atoms with Gasteiger partial charge in [-0.3, -0.25) is 14.7 Å². The molecule has 2 heterocycles. The van der Waals surface area contributed by atoms with Gasteiger partial charge < -0.3 is 4.74 Å². The van der Waals surface area contributed by atoms with Gasteiger partial charge in [-0.2, -0.15) is 0 Å². The SMILES string of the molecule is O=C1/C(=C/c2ccc(OCc3cccc(F)c3)c(Cl)c2)SC(=S)N1Cc1cccnc1. The fourth-order valence-electron chi connectivity index (χ4n) is 2.97. The zero-order valence-corrected chi connectivity index (χ0v) is 18.5. The number of carbonyl (C=O) groups excluding carboxylic acids is 1. The lowest BCUT2D eigenvalue weighted by atomic mass is 10.2. The van der Waals surface area contributed by atoms with Crippen LogP contribution >= 0.6 is 35.6 Å². The second-order valence-corrected chi connectivity index (χ2v) is 8.82. The van der Waals surface area contributed by atoms with E-state index in [1.54, 1.807) is 53.7 Å². The van der Waals surface area contributed by atoms with Gasteiger partial charge in [0.05, 0.1) is 16.5 Å². The van der Waals surface area contributed by atoms with Crippen LogP contribution in [0.5, 0.6) is 5.75 Å². The molecule has 31 heavy (non-hydrogen) atoms. The molecule has 1 aliphatic heterocycles. The second kappa shape index (κ2) is 9.60. The van der Waals surface area contributed by atoms with Crippen LogP contribution in [0.4, 0.5) is 4.39 Å². The van der Waals surface area contributed by atoms with Crippen LogP contribution in [0.1, 0.15) is 16.7 Å². The van der Waals surface area contributed by atoms with Crippen molar-refractivity contribution in [2.75, 3.05) is 0 Å². The Hall–Kier alpha value is -2.74. The number of halogens is 2. The van der Waals surface area contributed by atoms with Crippen LogP contribution in [0, 0.1) is 5.82 Å². The Balaban J connectivity index is 1.45. The highest BCUT2D eigenvalue weighted by Gasteiger charge is 2.32. The minimum absolute atomic E-state index is 0.151. The van der Waals surface area contributed by atoms with Crippen LogP contribution in [0.25, 0.3) is 6.08 Å². The van der Waals surface area contributed by atoms with Gasteiger partial charge >= 0.3 is 0 Å². The third-order valence-electron chi connectivity index (χ3n) is 4.47. The smallest absolute Gasteiger partial charge is 0.266 e. The van der Waals surface area contributed by atoms with Gasteiger partial charge in [-0.05, 0) is 53.1 Å². The number of aromatic nitrogens is 1. The zero-order valence-electron chi connectivity index (χ0n) is 16.1. The molecule has 8 heteroatoms. The molecule has 0 radical (unpaired) electrons. The van der Waals surface area contributed by atoms with E-state index in [-0.39, 0.29) is 18.3 Å². The lowest BCUT2D eigenvalue weighted by Crippen LogP contribution is -2.27. The quantitative estimate of drug-likeness (QED) is 0.333. The highest BCUT2D eigenvalue weighted by atomic mass is 35.5. The predicted molar refractivity (Wildman–Crippen MR) is 125 cm³/mol. The topological polar surface area (TPSA) is 42.4 Å². The maximum absolute atomic E-state index is 13.3. The van der Waals surface area contributed by atoms with E-state index in [0.717, 1.165) is 11.1 Å². The minimum atomic E-state index is -0.316. The number of thioether (sulfide) groups is 1. The number of nitrogens with zero attached hydrogens (tertiary/aromatic N) is 2. The van der Waals surface area contributed by atoms with E-state index in [9.17, 15) is 9.18 Å². The number of carbonyl (C=O) groups is 1. The van der Waals surface area contributed by atoms with Crippen LogP contribution < -0.4 is 4.74 Å². The summed E-state index contributed by atoms with van der Waals surface area (Å²) >= 11 is 13.0. The van der Waals surface area contributed by atoms with Crippen molar-refractivity contribution in [1.82, 2.24) is 9.88 Å². The van der Waals surface area contributed by atoms with Gasteiger partial charge in [0.25, 0.3) is 5.91 Å². The summed E-state index contributed by atoms with van der Waals surface area (Å²) in [5, 5.41) is 0.399. The first kappa shape index (κ1) is 21.5. The molecule has 1 aliphatic rings. The summed E-state index contributed by atoms with van der Waals surface area (Å²) in [7, 11) is 0. The third-order valence-corrected chi connectivity index (χ3v) is 6.15. The zero-order chi connectivity index (χ0) is 21.8. The molecule has 2 aromatic carbocycles. The molecule has 0 N–H and O–H groups in total. The Morgan fingerprint density at radius 3 is 2.74 bits per heavy atom. The largest absolute Gasteiger partial charge is 0.487 e. The first-order valence-corrected chi connectivity index (χ1v) is 10.9. The number of amides is 1. The van der Waals surface area contributed by atoms with Crippen molar-refractivity contribution >= 4 is 51.9 Å². The maximum Gasteiger partial charge on any atom is 0.266 e. The van der Waals surface area contributed by atoms with Gasteiger partial charge in [-0.25, -0.2) is 4.39 Å². The van der Waals surface area contributed by atoms with Gasteiger partial charge in [0.2, 0.25) is 0 Å². The van der Waals surface area contributed by atoms with Gasteiger partial charge in [-0.1, -0.05) is 59.8 Å². The lowest BCUT2D eigenvalue weighted by molar-refractivity contribution is -0.122. The fraction of sp³-hybridized carbons (Fsp3) is 0.0870. The molecule has 0 unspecified atom stereocenters. The minimum Gasteiger partial charge on any atom is -0.487 e. The van der Waals surface area contributed by atoms with Crippen molar-refractivity contribution in [2.45, 2.75) is 13.2 Å². The Bertz CT molecular complexity index is 1170. The van der Waals surface area contributed by atoms with Crippen LogP contribution in [-0.2, 0) is 17.9 Å². The summed E-state index contributed by atoms with van der Waals surface area (Å²) in [6.45, 7) is 0.577. The van der Waals surface area contributed by atoms with Crippen LogP contribution in [-0.4, -0.2) is 20.1 Å². The first-order chi connectivity index (χ1) is 15.0. The highest BCUT2D eigenvalue weighted by Crippen LogP contribution is 2.35. The number of hydrogen-bond donors (Lipinski definition) is 0. The molecule has 0 bridgehead atoms. The van der Waals surface area contributed by atoms with E-state index in [2.05, 4.69) is 4.98 Å². The molecule has 4 nitrogen and oxygen atoms in total. The molecule has 1 amide bonds. The number of hydrogen-bond acceptors (Lipinski definition) is 5. The van der Waals surface area contributed by atoms with Gasteiger partial charge in [0, 0.05) is 12.4 Å². The number of pyridine rings is 1. The summed E-state index contributed by atoms with van der Waals surface area (Å²) in [5.74, 6) is 0.0111. The number of benzene rings is 2. The summed E-state index contributed by atoms with van der Waals surface area (Å²) < 4.78 is 19.5. The van der Waals surface area contributed by atoms with Crippen LogP contribution in [0.3, 0.4) is 0 Å². The van der Waals surface area contributed by atoms with E-state index in [1.807, 2.05) is 12.1 Å². The Kier molecular flexibility index (Phi) is 6.65. The summed E-state index contributed by atoms with van der Waals surface area (Å²) in [6, 6.07) is 15.2. The van der Waals surface area contributed by atoms with E-state index >= 15 is 0 Å². The van der Waals surface area contributed by atoms with Crippen molar-refractivity contribution < 1.29 is 13.9 Å². The van der Waals surface area contributed by atoms with Crippen LogP contribution in [0.15, 0.2) is 71.9 Å². The van der Waals surface area contributed by atoms with Gasteiger partial charge in [0.15, 0.2) is 0 Å². The number of ether oxygens (including phenoxy) is 1. The van der Waals surface area contributed by atoms with Crippen molar-refractivity contribution in [3.63, 3.8) is 0 Å². The molecule has 0 atom stereocenters. The molecule has 3 aromatic rings. The fourth-order valence-corrected chi connectivity index (χ4v) is 4.47. The molecule has 1 saturated heterocycles. The lowest BCUT2D eigenvalue weighted by Gasteiger charge is -2.13. The first-order valence-electron chi connectivity index (χ1n) is 9.30. The van der Waals surface area contributed by atoms with E-state index < -0.39 is 0 Å². The molecule has 1 aromatic heterocycles. The summed E-state index contributed by atoms with van der Waals surface area (Å²) in [5.41, 5.74) is 2.37. The predicted octanol–water partition coefficient (Wildman–Crippen LogP) is 5.85. The van der Waals surface area contributed by atoms with E-state index in [4.69, 9.17) is 28.6 Å². The number of thiocarbonyl (C=S) groups is 1. The number of rotatable bonds is 6. The standard InChI is InChI=1S/C23H16ClFN2O2S2/c24-19-10-15(6-7-20(19)29-14-16-3-1-5-18(25)9-16)11-21-22(28)27(23(30)31-21)13-17-4-2-8-26-12-17/h1-12H,13-14H2/b21-11-. The summed E-state index contributed by atoms with van der Waals surface area (Å²) in [4.78, 5) is 19.0. The van der Waals surface area contributed by atoms with Gasteiger partial charge in [0.1, 0.15) is 22.5 Å². The van der Waals surface area contributed by atoms with Crippen molar-refractivity contribution in [1.29, 1.82) is 0 Å². The highest BCUT2D eigenvalue weighted by molar-refractivity contribution is 8.26. The second-order valence-electron chi connectivity index (χ2n) is 6.74. The van der Waals surface area contributed by atoms with E-state index in [1.165, 1.54) is 23.9 Å². The average Bonchev–Trinajstić information content (AvgIpc) is 3.01. The monoisotopic (exact) mass is 470 g/mol. The Morgan fingerprint density at radius 1 is 1.16 bits per heavy atom. The summed E-state index contributed by atoms with van der Waals surface area (Å²) in [6.07, 6.45) is 5.15. The van der Waals surface area contributed by atoms with Gasteiger partial charge in [-0.15, -0.1) is 0 Å².